The first-order chi connectivity index (χ1) is 31.3. The molecule has 2 aromatic carbocycles. The van der Waals surface area contributed by atoms with Gasteiger partial charge in [0.2, 0.25) is 11.8 Å². The third kappa shape index (κ3) is 8.15. The van der Waals surface area contributed by atoms with Gasteiger partial charge in [0.15, 0.2) is 0 Å². The number of aliphatic hydroxyl groups is 1. The Morgan fingerprint density at radius 3 is 2.35 bits per heavy atom. The van der Waals surface area contributed by atoms with Crippen LogP contribution in [-0.2, 0) is 15.2 Å². The van der Waals surface area contributed by atoms with Crippen molar-refractivity contribution in [3.8, 4) is 6.07 Å². The Balaban J connectivity index is 0.700. The van der Waals surface area contributed by atoms with Crippen LogP contribution in [0.5, 0.6) is 0 Å². The Labute approximate surface area is 375 Å². The Morgan fingerprint density at radius 1 is 0.877 bits per heavy atom. The summed E-state index contributed by atoms with van der Waals surface area (Å²) >= 11 is 0. The normalized spacial score (nSPS) is 22.7. The number of hydrogen-bond donors (Lipinski definition) is 3. The molecule has 0 bridgehead atoms. The van der Waals surface area contributed by atoms with Crippen molar-refractivity contribution in [2.75, 3.05) is 56.0 Å². The molecule has 5 aromatic rings. The monoisotopic (exact) mass is 879 g/mol. The van der Waals surface area contributed by atoms with E-state index in [1.807, 2.05) is 18.2 Å². The number of anilines is 2. The highest BCUT2D eigenvalue weighted by Gasteiger charge is 2.45. The molecule has 336 valence electrons. The number of nitrogens with one attached hydrogen (secondary N) is 2. The molecule has 3 saturated heterocycles. The van der Waals surface area contributed by atoms with E-state index in [-0.39, 0.29) is 30.7 Å². The molecule has 4 fully saturated rings. The number of amides is 5. The summed E-state index contributed by atoms with van der Waals surface area (Å²) in [6.45, 7) is 10.4. The maximum atomic E-state index is 13.5. The van der Waals surface area contributed by atoms with Crippen molar-refractivity contribution >= 4 is 57.3 Å². The van der Waals surface area contributed by atoms with Gasteiger partial charge in [0.05, 0.1) is 45.6 Å². The van der Waals surface area contributed by atoms with E-state index in [9.17, 15) is 34.3 Å². The second kappa shape index (κ2) is 16.8. The van der Waals surface area contributed by atoms with Crippen LogP contribution in [0.2, 0.25) is 0 Å². The van der Waals surface area contributed by atoms with Crippen LogP contribution in [0.1, 0.15) is 114 Å². The Kier molecular flexibility index (Phi) is 11.0. The molecule has 1 aliphatic carbocycles. The predicted molar refractivity (Wildman–Crippen MR) is 240 cm³/mol. The summed E-state index contributed by atoms with van der Waals surface area (Å²) < 4.78 is 3.57. The molecular weight excluding hydrogens is 827 g/mol. The minimum Gasteiger partial charge on any atom is -0.386 e. The predicted octanol–water partition coefficient (Wildman–Crippen LogP) is 4.45. The number of piperidine rings is 2. The number of aromatic nitrogens is 4. The maximum Gasteiger partial charge on any atom is 0.274 e. The number of piperazine rings is 1. The Hall–Kier alpha value is -6.48. The molecule has 7 heterocycles. The largest absolute Gasteiger partial charge is 0.386 e. The van der Waals surface area contributed by atoms with Gasteiger partial charge >= 0.3 is 0 Å². The summed E-state index contributed by atoms with van der Waals surface area (Å²) in [5.74, 6) is -1.70. The van der Waals surface area contributed by atoms with E-state index in [4.69, 9.17) is 5.10 Å². The number of carbonyl (C=O) groups excluding carboxylic acids is 5. The molecule has 10 rings (SSSR count). The zero-order valence-electron chi connectivity index (χ0n) is 36.7. The van der Waals surface area contributed by atoms with E-state index in [0.717, 1.165) is 106 Å². The first-order valence-electron chi connectivity index (χ1n) is 22.8. The zero-order valence-corrected chi connectivity index (χ0v) is 36.7. The Morgan fingerprint density at radius 2 is 1.63 bits per heavy atom. The van der Waals surface area contributed by atoms with Gasteiger partial charge in [-0.1, -0.05) is 0 Å². The van der Waals surface area contributed by atoms with Crippen LogP contribution in [0.3, 0.4) is 0 Å². The van der Waals surface area contributed by atoms with E-state index >= 15 is 0 Å². The summed E-state index contributed by atoms with van der Waals surface area (Å²) in [5, 5.41) is 35.8. The molecule has 3 N–H and O–H groups in total. The standard InChI is InChI=1S/C48H53N11O6/c1-48(2,65)38-24-39-31(22-40(38)51-45(62)42-10-8-35-21-30(25-49)26-50-59(35)42)28-57(53-39)33-5-3-29(4-6-33)27-54-17-19-56(20-18-54)32-13-15-55(16-14-32)34-7-9-36-37(23-34)47(64)58(46(36)63)41-11-12-43(60)52-44(41)61/h7-10,21-24,26,28-29,32-33,41,65H,3-6,11-20,27H2,1-2H3,(H,51,62)(H,52,60,61)/t29-,33-,41?. The molecule has 4 aliphatic heterocycles. The highest BCUT2D eigenvalue weighted by Crippen LogP contribution is 2.37. The fourth-order valence-electron chi connectivity index (χ4n) is 10.7. The topological polar surface area (TPSA) is 202 Å². The maximum absolute atomic E-state index is 13.5. The number of carbonyl (C=O) groups is 5. The van der Waals surface area contributed by atoms with E-state index in [1.165, 1.54) is 10.7 Å². The Bertz CT molecular complexity index is 2780. The van der Waals surface area contributed by atoms with E-state index in [1.54, 1.807) is 44.2 Å². The quantitative estimate of drug-likeness (QED) is 0.176. The smallest absolute Gasteiger partial charge is 0.274 e. The minimum atomic E-state index is -1.24. The average molecular weight is 880 g/mol. The number of rotatable bonds is 9. The molecule has 3 aromatic heterocycles. The van der Waals surface area contributed by atoms with Gasteiger partial charge in [0, 0.05) is 86.8 Å². The summed E-state index contributed by atoms with van der Waals surface area (Å²) in [7, 11) is 0. The van der Waals surface area contributed by atoms with E-state index < -0.39 is 29.4 Å². The van der Waals surface area contributed by atoms with Crippen LogP contribution in [0.25, 0.3) is 16.4 Å². The molecular formula is C48H53N11O6. The third-order valence-corrected chi connectivity index (χ3v) is 14.3. The second-order valence-corrected chi connectivity index (χ2v) is 18.9. The highest BCUT2D eigenvalue weighted by molar-refractivity contribution is 6.23. The van der Waals surface area contributed by atoms with Gasteiger partial charge < -0.3 is 20.2 Å². The van der Waals surface area contributed by atoms with E-state index in [0.29, 0.717) is 51.1 Å². The number of fused-ring (bicyclic) bond motifs is 3. The number of benzene rings is 2. The van der Waals surface area contributed by atoms with Gasteiger partial charge in [-0.3, -0.25) is 43.8 Å². The first kappa shape index (κ1) is 42.5. The average Bonchev–Trinajstić information content (AvgIpc) is 3.99. The van der Waals surface area contributed by atoms with Crippen LogP contribution >= 0.6 is 0 Å². The fourth-order valence-corrected chi connectivity index (χ4v) is 10.7. The minimum absolute atomic E-state index is 0.0934. The highest BCUT2D eigenvalue weighted by atomic mass is 16.3. The molecule has 1 unspecified atom stereocenters. The molecule has 17 heteroatoms. The van der Waals surface area contributed by atoms with Crippen molar-refractivity contribution in [3.05, 3.63) is 88.9 Å². The van der Waals surface area contributed by atoms with Crippen LogP contribution < -0.4 is 15.5 Å². The van der Waals surface area contributed by atoms with Crippen molar-refractivity contribution in [2.45, 2.75) is 88.9 Å². The van der Waals surface area contributed by atoms with Crippen molar-refractivity contribution in [2.24, 2.45) is 5.92 Å². The molecule has 0 spiro atoms. The summed E-state index contributed by atoms with van der Waals surface area (Å²) in [6.07, 6.45) is 10.1. The summed E-state index contributed by atoms with van der Waals surface area (Å²) in [5.41, 5.74) is 3.48. The van der Waals surface area contributed by atoms with Gasteiger partial charge in [-0.2, -0.15) is 15.5 Å². The van der Waals surface area contributed by atoms with Crippen molar-refractivity contribution in [3.63, 3.8) is 0 Å². The van der Waals surface area contributed by atoms with Crippen LogP contribution in [0.15, 0.2) is 60.9 Å². The zero-order chi connectivity index (χ0) is 45.1. The van der Waals surface area contributed by atoms with Crippen LogP contribution in [0.4, 0.5) is 11.4 Å². The number of hydrogen-bond acceptors (Lipinski definition) is 12. The number of imide groups is 2. The molecule has 17 nitrogen and oxygen atoms in total. The summed E-state index contributed by atoms with van der Waals surface area (Å²) in [6, 6.07) is 16.1. The molecule has 1 atom stereocenters. The van der Waals surface area contributed by atoms with Gasteiger partial charge in [-0.05, 0) is 113 Å². The number of nitriles is 1. The lowest BCUT2D eigenvalue weighted by molar-refractivity contribution is -0.136. The fraction of sp³-hybridized carbons (Fsp3) is 0.458. The molecule has 5 aliphatic rings. The second-order valence-electron chi connectivity index (χ2n) is 18.9. The van der Waals surface area contributed by atoms with Gasteiger partial charge in [0.25, 0.3) is 17.7 Å². The lowest BCUT2D eigenvalue weighted by Gasteiger charge is -2.44. The lowest BCUT2D eigenvalue weighted by atomic mass is 9.85. The van der Waals surface area contributed by atoms with E-state index in [2.05, 4.69) is 47.4 Å². The van der Waals surface area contributed by atoms with Crippen LogP contribution in [0, 0.1) is 17.2 Å². The lowest BCUT2D eigenvalue weighted by Crippen LogP contribution is -2.54. The third-order valence-electron chi connectivity index (χ3n) is 14.3. The molecule has 65 heavy (non-hydrogen) atoms. The molecule has 5 amide bonds. The molecule has 0 radical (unpaired) electrons. The van der Waals surface area contributed by atoms with Crippen LogP contribution in [-0.4, -0.2) is 127 Å². The number of nitrogens with zero attached hydrogens (tertiary/aromatic N) is 9. The van der Waals surface area contributed by atoms with Gasteiger partial charge in [0.1, 0.15) is 17.8 Å². The van der Waals surface area contributed by atoms with Crippen molar-refractivity contribution in [1.29, 1.82) is 5.26 Å². The van der Waals surface area contributed by atoms with Gasteiger partial charge in [-0.25, -0.2) is 4.52 Å². The summed E-state index contributed by atoms with van der Waals surface area (Å²) in [4.78, 5) is 72.9. The van der Waals surface area contributed by atoms with Crippen molar-refractivity contribution < 1.29 is 29.1 Å². The SMILES string of the molecule is CC(C)(O)c1cc2nn([C@H]3CC[C@H](CN4CCN(C5CCN(c6ccc7c(c6)C(=O)N(C6CCC(=O)NC6=O)C7=O)CC5)CC4)CC3)cc2cc1NC(=O)c1ccc2cc(C#N)cnn12. The van der Waals surface area contributed by atoms with Crippen molar-refractivity contribution in [1.82, 2.24) is 39.4 Å². The van der Waals surface area contributed by atoms with Gasteiger partial charge in [-0.15, -0.1) is 0 Å². The molecule has 1 saturated carbocycles. The first-order valence-corrected chi connectivity index (χ1v) is 22.8.